The van der Waals surface area contributed by atoms with Gasteiger partial charge in [-0.05, 0) is 20.8 Å². The van der Waals surface area contributed by atoms with E-state index in [1.54, 1.807) is 25.6 Å². The maximum atomic E-state index is 13.1. The summed E-state index contributed by atoms with van der Waals surface area (Å²) in [5, 5.41) is 27.5. The fraction of sp³-hybridized carbons (Fsp3) is 0.389. The van der Waals surface area contributed by atoms with Crippen LogP contribution in [0.1, 0.15) is 34.5 Å². The van der Waals surface area contributed by atoms with Crippen molar-refractivity contribution in [2.75, 3.05) is 10.6 Å². The summed E-state index contributed by atoms with van der Waals surface area (Å²) in [4.78, 5) is 35.3. The van der Waals surface area contributed by atoms with Crippen LogP contribution in [-0.2, 0) is 31.1 Å². The third kappa shape index (κ3) is 4.60. The number of amides is 2. The number of aryl methyl sites for hydroxylation is 2. The van der Waals surface area contributed by atoms with E-state index in [0.717, 1.165) is 6.92 Å². The van der Waals surface area contributed by atoms with Gasteiger partial charge < -0.3 is 10.6 Å². The summed E-state index contributed by atoms with van der Waals surface area (Å²) in [6.45, 7) is 4.03. The van der Waals surface area contributed by atoms with Crippen molar-refractivity contribution in [3.8, 4) is 0 Å². The summed E-state index contributed by atoms with van der Waals surface area (Å²) in [5.41, 5.74) is -2.26. The van der Waals surface area contributed by atoms with E-state index >= 15 is 0 Å². The standard InChI is InChI=1S/C18H20F3N9O4/c1-5-28-15(17(32)25-11-6-22-27(4)9(11)2)12(7-23-28)24-13(31)8-29-10(3)14(30(33)34)16(26-29)18(19,20)21/h6-7H,5,8H2,1-4H3,(H,24,31)(H,25,32). The van der Waals surface area contributed by atoms with Gasteiger partial charge in [-0.3, -0.25) is 33.7 Å². The van der Waals surface area contributed by atoms with Crippen LogP contribution in [0.4, 0.5) is 30.2 Å². The highest BCUT2D eigenvalue weighted by Gasteiger charge is 2.44. The molecule has 0 aliphatic carbocycles. The van der Waals surface area contributed by atoms with Gasteiger partial charge in [0.15, 0.2) is 0 Å². The molecular formula is C18H20F3N9O4. The molecule has 3 aromatic heterocycles. The van der Waals surface area contributed by atoms with Gasteiger partial charge in [0.05, 0.1) is 34.4 Å². The first kappa shape index (κ1) is 24.4. The van der Waals surface area contributed by atoms with Crippen LogP contribution < -0.4 is 10.6 Å². The zero-order chi connectivity index (χ0) is 25.4. The normalized spacial score (nSPS) is 11.5. The van der Waals surface area contributed by atoms with Crippen molar-refractivity contribution in [1.29, 1.82) is 0 Å². The molecule has 0 aliphatic rings. The van der Waals surface area contributed by atoms with E-state index in [1.807, 2.05) is 0 Å². The predicted octanol–water partition coefficient (Wildman–Crippen LogP) is 2.27. The van der Waals surface area contributed by atoms with E-state index in [-0.39, 0.29) is 17.9 Å². The van der Waals surface area contributed by atoms with Crippen molar-refractivity contribution in [3.05, 3.63) is 45.3 Å². The molecule has 0 unspecified atom stereocenters. The minimum atomic E-state index is -5.08. The van der Waals surface area contributed by atoms with Gasteiger partial charge in [-0.1, -0.05) is 0 Å². The van der Waals surface area contributed by atoms with Crippen LogP contribution in [-0.4, -0.2) is 46.1 Å². The molecule has 0 saturated carbocycles. The van der Waals surface area contributed by atoms with E-state index in [2.05, 4.69) is 25.9 Å². The molecule has 0 spiro atoms. The summed E-state index contributed by atoms with van der Waals surface area (Å²) in [6, 6.07) is 0. The Kier molecular flexibility index (Phi) is 6.42. The molecule has 34 heavy (non-hydrogen) atoms. The summed E-state index contributed by atoms with van der Waals surface area (Å²) < 4.78 is 42.9. The van der Waals surface area contributed by atoms with Crippen LogP contribution in [0.5, 0.6) is 0 Å². The molecule has 0 aliphatic heterocycles. The molecule has 0 radical (unpaired) electrons. The van der Waals surface area contributed by atoms with Crippen molar-refractivity contribution in [2.45, 2.75) is 40.0 Å². The molecule has 3 aromatic rings. The number of carbonyl (C=O) groups is 2. The van der Waals surface area contributed by atoms with Crippen LogP contribution in [0.2, 0.25) is 0 Å². The van der Waals surface area contributed by atoms with E-state index in [9.17, 15) is 32.9 Å². The maximum absolute atomic E-state index is 13.1. The van der Waals surface area contributed by atoms with Crippen LogP contribution in [0.15, 0.2) is 12.4 Å². The molecule has 3 heterocycles. The van der Waals surface area contributed by atoms with E-state index in [1.165, 1.54) is 17.1 Å². The van der Waals surface area contributed by atoms with Crippen LogP contribution in [0.25, 0.3) is 0 Å². The number of aromatic nitrogens is 6. The minimum absolute atomic E-state index is 0.00115. The zero-order valence-corrected chi connectivity index (χ0v) is 18.5. The van der Waals surface area contributed by atoms with Gasteiger partial charge in [-0.2, -0.15) is 28.5 Å². The highest BCUT2D eigenvalue weighted by Crippen LogP contribution is 2.37. The van der Waals surface area contributed by atoms with Gasteiger partial charge in [0.25, 0.3) is 5.91 Å². The number of anilines is 2. The van der Waals surface area contributed by atoms with E-state index in [0.29, 0.717) is 16.1 Å². The lowest BCUT2D eigenvalue weighted by Gasteiger charge is -2.10. The Morgan fingerprint density at radius 1 is 1.09 bits per heavy atom. The number of rotatable bonds is 7. The topological polar surface area (TPSA) is 155 Å². The number of nitro groups is 1. The fourth-order valence-electron chi connectivity index (χ4n) is 3.18. The third-order valence-electron chi connectivity index (χ3n) is 5.03. The highest BCUT2D eigenvalue weighted by molar-refractivity contribution is 6.09. The molecule has 0 aromatic carbocycles. The van der Waals surface area contributed by atoms with Gasteiger partial charge in [-0.25, -0.2) is 0 Å². The quantitative estimate of drug-likeness (QED) is 0.386. The summed E-state index contributed by atoms with van der Waals surface area (Å²) in [7, 11) is 1.69. The van der Waals surface area contributed by atoms with Gasteiger partial charge in [-0.15, -0.1) is 0 Å². The number of halogens is 3. The van der Waals surface area contributed by atoms with Crippen molar-refractivity contribution in [1.82, 2.24) is 29.3 Å². The maximum Gasteiger partial charge on any atom is 0.442 e. The van der Waals surface area contributed by atoms with Crippen LogP contribution in [0.3, 0.4) is 0 Å². The minimum Gasteiger partial charge on any atom is -0.321 e. The lowest BCUT2D eigenvalue weighted by atomic mass is 10.3. The molecule has 0 bridgehead atoms. The average molecular weight is 483 g/mol. The highest BCUT2D eigenvalue weighted by atomic mass is 19.4. The zero-order valence-electron chi connectivity index (χ0n) is 18.5. The largest absolute Gasteiger partial charge is 0.442 e. The predicted molar refractivity (Wildman–Crippen MR) is 111 cm³/mol. The number of hydrogen-bond acceptors (Lipinski definition) is 7. The van der Waals surface area contributed by atoms with Gasteiger partial charge in [0.1, 0.15) is 17.9 Å². The van der Waals surface area contributed by atoms with E-state index < -0.39 is 46.5 Å². The molecule has 2 amide bonds. The summed E-state index contributed by atoms with van der Waals surface area (Å²) in [6.07, 6.45) is -2.41. The molecule has 2 N–H and O–H groups in total. The summed E-state index contributed by atoms with van der Waals surface area (Å²) in [5.74, 6) is -1.47. The second-order valence-corrected chi connectivity index (χ2v) is 7.19. The Balaban J connectivity index is 1.85. The molecule has 182 valence electrons. The number of alkyl halides is 3. The number of hydrogen-bond donors (Lipinski definition) is 2. The Bertz CT molecular complexity index is 1270. The lowest BCUT2D eigenvalue weighted by Crippen LogP contribution is -2.24. The number of nitrogens with zero attached hydrogens (tertiary/aromatic N) is 7. The van der Waals surface area contributed by atoms with Crippen molar-refractivity contribution in [2.24, 2.45) is 7.05 Å². The van der Waals surface area contributed by atoms with Crippen molar-refractivity contribution < 1.29 is 27.7 Å². The van der Waals surface area contributed by atoms with Gasteiger partial charge in [0, 0.05) is 13.6 Å². The molecule has 0 saturated heterocycles. The summed E-state index contributed by atoms with van der Waals surface area (Å²) >= 11 is 0. The van der Waals surface area contributed by atoms with Crippen LogP contribution >= 0.6 is 0 Å². The van der Waals surface area contributed by atoms with Crippen molar-refractivity contribution >= 4 is 28.9 Å². The van der Waals surface area contributed by atoms with Crippen molar-refractivity contribution in [3.63, 3.8) is 0 Å². The first-order chi connectivity index (χ1) is 15.8. The molecule has 16 heteroatoms. The smallest absolute Gasteiger partial charge is 0.321 e. The Morgan fingerprint density at radius 3 is 2.24 bits per heavy atom. The Hall–Kier alpha value is -4.24. The average Bonchev–Trinajstić information content (AvgIpc) is 3.39. The Morgan fingerprint density at radius 2 is 1.74 bits per heavy atom. The molecule has 13 nitrogen and oxygen atoms in total. The van der Waals surface area contributed by atoms with Gasteiger partial charge >= 0.3 is 11.9 Å². The Labute approximate surface area is 189 Å². The first-order valence-corrected chi connectivity index (χ1v) is 9.79. The first-order valence-electron chi connectivity index (χ1n) is 9.79. The molecule has 0 fully saturated rings. The second kappa shape index (κ2) is 8.95. The third-order valence-corrected chi connectivity index (χ3v) is 5.03. The lowest BCUT2D eigenvalue weighted by molar-refractivity contribution is -0.388. The second-order valence-electron chi connectivity index (χ2n) is 7.19. The molecule has 3 rings (SSSR count). The number of carbonyl (C=O) groups excluding carboxylic acids is 2. The monoisotopic (exact) mass is 483 g/mol. The molecular weight excluding hydrogens is 463 g/mol. The SMILES string of the molecule is CCn1ncc(NC(=O)Cn2nc(C(F)(F)F)c([N+](=O)[O-])c2C)c1C(=O)Nc1cnn(C)c1C. The van der Waals surface area contributed by atoms with E-state index in [4.69, 9.17) is 0 Å². The fourth-order valence-corrected chi connectivity index (χ4v) is 3.18. The molecule has 0 atom stereocenters. The number of nitrogens with one attached hydrogen (secondary N) is 2. The van der Waals surface area contributed by atoms with Crippen LogP contribution in [0, 0.1) is 24.0 Å². The van der Waals surface area contributed by atoms with Gasteiger partial charge in [0.2, 0.25) is 11.6 Å².